The summed E-state index contributed by atoms with van der Waals surface area (Å²) in [5.41, 5.74) is 7.03. The Kier molecular flexibility index (Phi) is 4.52. The van der Waals surface area contributed by atoms with E-state index in [4.69, 9.17) is 5.73 Å². The molecule has 0 aliphatic carbocycles. The lowest BCUT2D eigenvalue weighted by molar-refractivity contribution is 0.252. The third kappa shape index (κ3) is 4.00. The Morgan fingerprint density at radius 2 is 2.00 bits per heavy atom. The molecule has 0 saturated heterocycles. The highest BCUT2D eigenvalue weighted by Crippen LogP contribution is 2.24. The van der Waals surface area contributed by atoms with E-state index in [1.54, 1.807) is 6.07 Å². The van der Waals surface area contributed by atoms with E-state index in [1.165, 1.54) is 6.07 Å². The molecule has 1 aromatic carbocycles. The van der Waals surface area contributed by atoms with Crippen LogP contribution in [0.5, 0.6) is 0 Å². The highest BCUT2D eigenvalue weighted by molar-refractivity contribution is 5.47. The number of nitrogens with two attached hydrogens (primary N) is 1. The average molecular weight is 238 g/mol. The van der Waals surface area contributed by atoms with Gasteiger partial charge >= 0.3 is 0 Å². The lowest BCUT2D eigenvalue weighted by Gasteiger charge is -2.27. The zero-order chi connectivity index (χ0) is 13.1. The van der Waals surface area contributed by atoms with Crippen molar-refractivity contribution in [1.29, 1.82) is 0 Å². The van der Waals surface area contributed by atoms with Crippen LogP contribution >= 0.6 is 0 Å². The quantitative estimate of drug-likeness (QED) is 0.791. The molecule has 0 aromatic heterocycles. The molecular formula is C14H23FN2. The van der Waals surface area contributed by atoms with Crippen molar-refractivity contribution in [3.05, 3.63) is 29.6 Å². The summed E-state index contributed by atoms with van der Waals surface area (Å²) in [7, 11) is 0. The third-order valence-electron chi connectivity index (χ3n) is 3.39. The molecule has 0 aliphatic heterocycles. The Balaban J connectivity index is 2.49. The molecule has 17 heavy (non-hydrogen) atoms. The number of rotatable bonds is 4. The topological polar surface area (TPSA) is 38.0 Å². The molecule has 3 N–H and O–H groups in total. The van der Waals surface area contributed by atoms with Gasteiger partial charge in [0.2, 0.25) is 0 Å². The van der Waals surface area contributed by atoms with Crippen molar-refractivity contribution in [2.45, 2.75) is 34.2 Å². The largest absolute Gasteiger partial charge is 0.396 e. The van der Waals surface area contributed by atoms with Crippen LogP contribution in [0.2, 0.25) is 0 Å². The SMILES string of the molecule is CC(CNCc1cccc(F)c1N)C(C)(C)C. The van der Waals surface area contributed by atoms with E-state index < -0.39 is 0 Å². The van der Waals surface area contributed by atoms with Crippen molar-refractivity contribution in [3.63, 3.8) is 0 Å². The zero-order valence-electron chi connectivity index (χ0n) is 11.2. The number of benzene rings is 1. The summed E-state index contributed by atoms with van der Waals surface area (Å²) in [5.74, 6) is 0.213. The van der Waals surface area contributed by atoms with E-state index in [2.05, 4.69) is 33.0 Å². The Labute approximate surface area is 103 Å². The second kappa shape index (κ2) is 5.50. The van der Waals surface area contributed by atoms with E-state index in [1.807, 2.05) is 6.07 Å². The van der Waals surface area contributed by atoms with Crippen molar-refractivity contribution in [1.82, 2.24) is 5.32 Å². The molecule has 0 spiro atoms. The van der Waals surface area contributed by atoms with Gasteiger partial charge in [-0.25, -0.2) is 4.39 Å². The maximum Gasteiger partial charge on any atom is 0.146 e. The molecule has 1 atom stereocenters. The number of anilines is 1. The molecule has 0 heterocycles. The Morgan fingerprint density at radius 1 is 1.35 bits per heavy atom. The maximum absolute atomic E-state index is 13.2. The third-order valence-corrected chi connectivity index (χ3v) is 3.39. The van der Waals surface area contributed by atoms with Gasteiger partial charge in [0.1, 0.15) is 5.82 Å². The standard InChI is InChI=1S/C14H23FN2/c1-10(14(2,3)4)8-17-9-11-6-5-7-12(15)13(11)16/h5-7,10,17H,8-9,16H2,1-4H3. The van der Waals surface area contributed by atoms with Gasteiger partial charge < -0.3 is 11.1 Å². The molecular weight excluding hydrogens is 215 g/mol. The first-order valence-corrected chi connectivity index (χ1v) is 6.06. The van der Waals surface area contributed by atoms with Crippen LogP contribution in [0.15, 0.2) is 18.2 Å². The first-order chi connectivity index (χ1) is 7.82. The fourth-order valence-electron chi connectivity index (χ4n) is 1.47. The van der Waals surface area contributed by atoms with Crippen molar-refractivity contribution in [2.75, 3.05) is 12.3 Å². The van der Waals surface area contributed by atoms with Crippen molar-refractivity contribution < 1.29 is 4.39 Å². The molecule has 0 amide bonds. The molecule has 96 valence electrons. The maximum atomic E-state index is 13.2. The van der Waals surface area contributed by atoms with Gasteiger partial charge in [-0.2, -0.15) is 0 Å². The van der Waals surface area contributed by atoms with Crippen LogP contribution in [0.4, 0.5) is 10.1 Å². The predicted octanol–water partition coefficient (Wildman–Crippen LogP) is 3.18. The predicted molar refractivity (Wildman–Crippen MR) is 71.1 cm³/mol. The number of halogens is 1. The summed E-state index contributed by atoms with van der Waals surface area (Å²) in [6, 6.07) is 4.93. The van der Waals surface area contributed by atoms with Crippen LogP contribution in [0.25, 0.3) is 0 Å². The highest BCUT2D eigenvalue weighted by atomic mass is 19.1. The molecule has 0 aliphatic rings. The summed E-state index contributed by atoms with van der Waals surface area (Å²) in [5, 5.41) is 3.33. The van der Waals surface area contributed by atoms with E-state index in [9.17, 15) is 4.39 Å². The molecule has 3 heteroatoms. The van der Waals surface area contributed by atoms with Crippen LogP contribution < -0.4 is 11.1 Å². The van der Waals surface area contributed by atoms with Crippen LogP contribution in [-0.2, 0) is 6.54 Å². The normalized spacial score (nSPS) is 13.7. The summed E-state index contributed by atoms with van der Waals surface area (Å²) < 4.78 is 13.2. The van der Waals surface area contributed by atoms with Crippen LogP contribution in [0.3, 0.4) is 0 Å². The fraction of sp³-hybridized carbons (Fsp3) is 0.571. The first kappa shape index (κ1) is 14.0. The van der Waals surface area contributed by atoms with E-state index in [0.717, 1.165) is 12.1 Å². The molecule has 0 saturated carbocycles. The van der Waals surface area contributed by atoms with E-state index in [0.29, 0.717) is 12.5 Å². The van der Waals surface area contributed by atoms with Gasteiger partial charge in [-0.05, 0) is 29.5 Å². The fourth-order valence-corrected chi connectivity index (χ4v) is 1.47. The molecule has 0 radical (unpaired) electrons. The first-order valence-electron chi connectivity index (χ1n) is 6.06. The zero-order valence-corrected chi connectivity index (χ0v) is 11.2. The van der Waals surface area contributed by atoms with Crippen molar-refractivity contribution >= 4 is 5.69 Å². The minimum atomic E-state index is -0.340. The minimum Gasteiger partial charge on any atom is -0.396 e. The van der Waals surface area contributed by atoms with E-state index >= 15 is 0 Å². The van der Waals surface area contributed by atoms with Gasteiger partial charge in [-0.3, -0.25) is 0 Å². The molecule has 0 bridgehead atoms. The lowest BCUT2D eigenvalue weighted by atomic mass is 9.82. The summed E-state index contributed by atoms with van der Waals surface area (Å²) in [6.45, 7) is 10.4. The summed E-state index contributed by atoms with van der Waals surface area (Å²) in [6.07, 6.45) is 0. The number of nitrogens with one attached hydrogen (secondary N) is 1. The number of hydrogen-bond acceptors (Lipinski definition) is 2. The lowest BCUT2D eigenvalue weighted by Crippen LogP contribution is -2.29. The van der Waals surface area contributed by atoms with Crippen molar-refractivity contribution in [2.24, 2.45) is 11.3 Å². The minimum absolute atomic E-state index is 0.253. The van der Waals surface area contributed by atoms with Gasteiger partial charge in [0.15, 0.2) is 0 Å². The summed E-state index contributed by atoms with van der Waals surface area (Å²) in [4.78, 5) is 0. The smallest absolute Gasteiger partial charge is 0.146 e. The Morgan fingerprint density at radius 3 is 2.59 bits per heavy atom. The average Bonchev–Trinajstić information content (AvgIpc) is 2.22. The second-order valence-electron chi connectivity index (χ2n) is 5.71. The van der Waals surface area contributed by atoms with Crippen molar-refractivity contribution in [3.8, 4) is 0 Å². The monoisotopic (exact) mass is 238 g/mol. The summed E-state index contributed by atoms with van der Waals surface area (Å²) >= 11 is 0. The van der Waals surface area contributed by atoms with Crippen LogP contribution in [-0.4, -0.2) is 6.54 Å². The number of para-hydroxylation sites is 1. The second-order valence-corrected chi connectivity index (χ2v) is 5.71. The van der Waals surface area contributed by atoms with E-state index in [-0.39, 0.29) is 16.9 Å². The molecule has 1 rings (SSSR count). The van der Waals surface area contributed by atoms with Gasteiger partial charge in [-0.15, -0.1) is 0 Å². The highest BCUT2D eigenvalue weighted by Gasteiger charge is 2.19. The van der Waals surface area contributed by atoms with Crippen LogP contribution in [0.1, 0.15) is 33.3 Å². The van der Waals surface area contributed by atoms with Gasteiger partial charge in [0, 0.05) is 6.54 Å². The molecule has 0 fully saturated rings. The molecule has 1 aromatic rings. The Bertz CT molecular complexity index is 369. The van der Waals surface area contributed by atoms with Gasteiger partial charge in [-0.1, -0.05) is 39.8 Å². The van der Waals surface area contributed by atoms with Gasteiger partial charge in [0.25, 0.3) is 0 Å². The Hall–Kier alpha value is -1.09. The van der Waals surface area contributed by atoms with Gasteiger partial charge in [0.05, 0.1) is 5.69 Å². The molecule has 2 nitrogen and oxygen atoms in total. The number of hydrogen-bond donors (Lipinski definition) is 2. The van der Waals surface area contributed by atoms with Crippen LogP contribution in [0, 0.1) is 17.2 Å². The molecule has 1 unspecified atom stereocenters. The number of nitrogen functional groups attached to an aromatic ring is 1.